The molecule has 19 heavy (non-hydrogen) atoms. The second-order valence-corrected chi connectivity index (χ2v) is 5.45. The first-order chi connectivity index (χ1) is 9.11. The molecule has 2 rings (SSSR count). The Morgan fingerprint density at radius 3 is 2.74 bits per heavy atom. The highest BCUT2D eigenvalue weighted by molar-refractivity contribution is 7.09. The summed E-state index contributed by atoms with van der Waals surface area (Å²) in [5.74, 6) is -0.875. The second-order valence-electron chi connectivity index (χ2n) is 4.42. The number of anilines is 1. The Kier molecular flexibility index (Phi) is 4.22. The van der Waals surface area contributed by atoms with Crippen LogP contribution in [-0.4, -0.2) is 17.6 Å². The molecule has 0 aliphatic rings. The highest BCUT2D eigenvalue weighted by Gasteiger charge is 2.15. The van der Waals surface area contributed by atoms with Crippen LogP contribution in [0.15, 0.2) is 35.7 Å². The molecular formula is C15H17NO2S. The Labute approximate surface area is 117 Å². The number of carbonyl (C=O) groups is 1. The van der Waals surface area contributed by atoms with E-state index in [-0.39, 0.29) is 0 Å². The zero-order valence-electron chi connectivity index (χ0n) is 11.1. The van der Waals surface area contributed by atoms with Gasteiger partial charge in [0, 0.05) is 11.4 Å². The summed E-state index contributed by atoms with van der Waals surface area (Å²) < 4.78 is 0. The molecule has 1 aromatic heterocycles. The third kappa shape index (κ3) is 3.15. The van der Waals surface area contributed by atoms with Gasteiger partial charge in [-0.3, -0.25) is 0 Å². The van der Waals surface area contributed by atoms with Crippen LogP contribution in [0.5, 0.6) is 0 Å². The quantitative estimate of drug-likeness (QED) is 0.902. The van der Waals surface area contributed by atoms with Gasteiger partial charge in [-0.1, -0.05) is 12.1 Å². The van der Waals surface area contributed by atoms with Gasteiger partial charge in [-0.05, 0) is 43.0 Å². The first-order valence-corrected chi connectivity index (χ1v) is 7.11. The zero-order chi connectivity index (χ0) is 13.8. The SMILES string of the molecule is CCN(Cc1cccs1)c1cc(C)ccc1C(=O)O. The number of carboxylic acids is 1. The van der Waals surface area contributed by atoms with Crippen molar-refractivity contribution in [2.24, 2.45) is 0 Å². The minimum absolute atomic E-state index is 0.365. The number of carboxylic acid groups (broad SMARTS) is 1. The Morgan fingerprint density at radius 2 is 2.16 bits per heavy atom. The van der Waals surface area contributed by atoms with Crippen molar-refractivity contribution in [1.29, 1.82) is 0 Å². The molecule has 1 aromatic carbocycles. The molecule has 100 valence electrons. The normalized spacial score (nSPS) is 10.4. The van der Waals surface area contributed by atoms with E-state index in [4.69, 9.17) is 0 Å². The largest absolute Gasteiger partial charge is 0.478 e. The van der Waals surface area contributed by atoms with Gasteiger partial charge in [0.05, 0.1) is 17.8 Å². The molecule has 0 saturated heterocycles. The molecule has 0 bridgehead atoms. The van der Waals surface area contributed by atoms with E-state index in [1.807, 2.05) is 37.4 Å². The summed E-state index contributed by atoms with van der Waals surface area (Å²) in [7, 11) is 0. The number of hydrogen-bond acceptors (Lipinski definition) is 3. The van der Waals surface area contributed by atoms with Gasteiger partial charge in [0.15, 0.2) is 0 Å². The van der Waals surface area contributed by atoms with Crippen LogP contribution in [0.4, 0.5) is 5.69 Å². The molecule has 2 aromatic rings. The van der Waals surface area contributed by atoms with Crippen LogP contribution < -0.4 is 4.90 Å². The van der Waals surface area contributed by atoms with Gasteiger partial charge in [-0.2, -0.15) is 0 Å². The molecular weight excluding hydrogens is 258 g/mol. The second kappa shape index (κ2) is 5.89. The number of aryl methyl sites for hydroxylation is 1. The van der Waals surface area contributed by atoms with Crippen molar-refractivity contribution in [3.05, 3.63) is 51.7 Å². The van der Waals surface area contributed by atoms with E-state index in [9.17, 15) is 9.90 Å². The standard InChI is InChI=1S/C15H17NO2S/c1-3-16(10-12-5-4-8-19-12)14-9-11(2)6-7-13(14)15(17)18/h4-9H,3,10H2,1-2H3,(H,17,18). The highest BCUT2D eigenvalue weighted by atomic mass is 32.1. The predicted molar refractivity (Wildman–Crippen MR) is 79.2 cm³/mol. The Balaban J connectivity index is 2.36. The van der Waals surface area contributed by atoms with Crippen LogP contribution in [0.2, 0.25) is 0 Å². The maximum Gasteiger partial charge on any atom is 0.337 e. The van der Waals surface area contributed by atoms with Crippen molar-refractivity contribution >= 4 is 23.0 Å². The lowest BCUT2D eigenvalue weighted by Gasteiger charge is -2.24. The molecule has 1 heterocycles. The van der Waals surface area contributed by atoms with Crippen LogP contribution in [0, 0.1) is 6.92 Å². The van der Waals surface area contributed by atoms with Gasteiger partial charge in [0.2, 0.25) is 0 Å². The molecule has 0 aliphatic heterocycles. The van der Waals surface area contributed by atoms with E-state index in [1.165, 1.54) is 4.88 Å². The number of rotatable bonds is 5. The van der Waals surface area contributed by atoms with Gasteiger partial charge in [0.1, 0.15) is 0 Å². The third-order valence-corrected chi connectivity index (χ3v) is 3.89. The van der Waals surface area contributed by atoms with E-state index < -0.39 is 5.97 Å². The van der Waals surface area contributed by atoms with E-state index in [2.05, 4.69) is 11.0 Å². The smallest absolute Gasteiger partial charge is 0.337 e. The van der Waals surface area contributed by atoms with E-state index in [0.29, 0.717) is 5.56 Å². The van der Waals surface area contributed by atoms with Crippen LogP contribution >= 0.6 is 11.3 Å². The number of benzene rings is 1. The molecule has 1 N–H and O–H groups in total. The number of thiophene rings is 1. The highest BCUT2D eigenvalue weighted by Crippen LogP contribution is 2.25. The third-order valence-electron chi connectivity index (χ3n) is 3.03. The van der Waals surface area contributed by atoms with E-state index in [0.717, 1.165) is 24.3 Å². The summed E-state index contributed by atoms with van der Waals surface area (Å²) in [5.41, 5.74) is 2.23. The number of hydrogen-bond donors (Lipinski definition) is 1. The summed E-state index contributed by atoms with van der Waals surface area (Å²) in [6.07, 6.45) is 0. The van der Waals surface area contributed by atoms with Gasteiger partial charge in [-0.25, -0.2) is 4.79 Å². The zero-order valence-corrected chi connectivity index (χ0v) is 11.9. The molecule has 0 saturated carbocycles. The summed E-state index contributed by atoms with van der Waals surface area (Å²) in [6, 6.07) is 9.56. The van der Waals surface area contributed by atoms with Crippen LogP contribution in [0.1, 0.15) is 27.7 Å². The fourth-order valence-corrected chi connectivity index (χ4v) is 2.76. The first kappa shape index (κ1) is 13.6. The molecule has 0 unspecified atom stereocenters. The fourth-order valence-electron chi connectivity index (χ4n) is 2.04. The van der Waals surface area contributed by atoms with Crippen molar-refractivity contribution in [3.8, 4) is 0 Å². The van der Waals surface area contributed by atoms with Gasteiger partial charge in [-0.15, -0.1) is 11.3 Å². The predicted octanol–water partition coefficient (Wildman–Crippen LogP) is 3.78. The molecule has 0 atom stereocenters. The molecule has 0 aliphatic carbocycles. The Hall–Kier alpha value is -1.81. The monoisotopic (exact) mass is 275 g/mol. The maximum absolute atomic E-state index is 11.3. The van der Waals surface area contributed by atoms with E-state index >= 15 is 0 Å². The average molecular weight is 275 g/mol. The summed E-state index contributed by atoms with van der Waals surface area (Å²) >= 11 is 1.69. The van der Waals surface area contributed by atoms with E-state index in [1.54, 1.807) is 17.4 Å². The van der Waals surface area contributed by atoms with Gasteiger partial charge >= 0.3 is 5.97 Å². The van der Waals surface area contributed by atoms with Crippen molar-refractivity contribution in [2.45, 2.75) is 20.4 Å². The van der Waals surface area contributed by atoms with Crippen LogP contribution in [-0.2, 0) is 6.54 Å². The lowest BCUT2D eigenvalue weighted by Crippen LogP contribution is -2.23. The summed E-state index contributed by atoms with van der Waals surface area (Å²) in [6.45, 7) is 5.55. The Bertz CT molecular complexity index is 564. The molecule has 3 nitrogen and oxygen atoms in total. The number of aromatic carboxylic acids is 1. The maximum atomic E-state index is 11.3. The molecule has 0 spiro atoms. The van der Waals surface area contributed by atoms with Crippen LogP contribution in [0.25, 0.3) is 0 Å². The molecule has 4 heteroatoms. The summed E-state index contributed by atoms with van der Waals surface area (Å²) in [5, 5.41) is 11.3. The van der Waals surface area contributed by atoms with Crippen molar-refractivity contribution in [1.82, 2.24) is 0 Å². The average Bonchev–Trinajstić information content (AvgIpc) is 2.88. The number of nitrogens with zero attached hydrogens (tertiary/aromatic N) is 1. The van der Waals surface area contributed by atoms with Crippen molar-refractivity contribution in [2.75, 3.05) is 11.4 Å². The lowest BCUT2D eigenvalue weighted by molar-refractivity contribution is 0.0697. The Morgan fingerprint density at radius 1 is 1.37 bits per heavy atom. The summed E-state index contributed by atoms with van der Waals surface area (Å²) in [4.78, 5) is 14.7. The van der Waals surface area contributed by atoms with Crippen molar-refractivity contribution in [3.63, 3.8) is 0 Å². The fraction of sp³-hybridized carbons (Fsp3) is 0.267. The van der Waals surface area contributed by atoms with Crippen LogP contribution in [0.3, 0.4) is 0 Å². The topological polar surface area (TPSA) is 40.5 Å². The lowest BCUT2D eigenvalue weighted by atomic mass is 10.1. The molecule has 0 amide bonds. The minimum atomic E-state index is -0.875. The van der Waals surface area contributed by atoms with Gasteiger partial charge < -0.3 is 10.0 Å². The molecule has 0 fully saturated rings. The minimum Gasteiger partial charge on any atom is -0.478 e. The van der Waals surface area contributed by atoms with Crippen molar-refractivity contribution < 1.29 is 9.90 Å². The first-order valence-electron chi connectivity index (χ1n) is 6.23. The van der Waals surface area contributed by atoms with Gasteiger partial charge in [0.25, 0.3) is 0 Å². The molecule has 0 radical (unpaired) electrons.